The van der Waals surface area contributed by atoms with Gasteiger partial charge in [0.15, 0.2) is 0 Å². The maximum atomic E-state index is 3.61. The van der Waals surface area contributed by atoms with Crippen LogP contribution in [0.5, 0.6) is 0 Å². The molecule has 1 aliphatic carbocycles. The van der Waals surface area contributed by atoms with Crippen molar-refractivity contribution in [1.82, 2.24) is 5.32 Å². The molecule has 2 rings (SSSR count). The van der Waals surface area contributed by atoms with Gasteiger partial charge in [-0.3, -0.25) is 0 Å². The quantitative estimate of drug-likeness (QED) is 0.770. The number of hydrogen-bond donors (Lipinski definition) is 1. The van der Waals surface area contributed by atoms with Crippen LogP contribution < -0.4 is 5.32 Å². The lowest BCUT2D eigenvalue weighted by Gasteiger charge is -2.30. The van der Waals surface area contributed by atoms with E-state index in [0.717, 1.165) is 18.4 Å². The van der Waals surface area contributed by atoms with E-state index in [1.807, 2.05) is 0 Å². The molecule has 2 atom stereocenters. The van der Waals surface area contributed by atoms with Gasteiger partial charge in [-0.25, -0.2) is 0 Å². The third-order valence-electron chi connectivity index (χ3n) is 3.63. The van der Waals surface area contributed by atoms with Crippen LogP contribution in [0.15, 0.2) is 24.3 Å². The molecule has 0 heterocycles. The molecule has 0 radical (unpaired) electrons. The molecule has 1 aromatic rings. The Bertz CT molecular complexity index is 332. The molecule has 1 N–H and O–H groups in total. The molecule has 0 saturated heterocycles. The summed E-state index contributed by atoms with van der Waals surface area (Å²) in [4.78, 5) is 0. The maximum Gasteiger partial charge on any atom is 0.00235 e. The Morgan fingerprint density at radius 1 is 1.38 bits per heavy atom. The second-order valence-electron chi connectivity index (χ2n) is 5.15. The number of rotatable bonds is 6. The van der Waals surface area contributed by atoms with Crippen molar-refractivity contribution in [3.05, 3.63) is 35.4 Å². The van der Waals surface area contributed by atoms with Gasteiger partial charge in [0, 0.05) is 12.5 Å². The molecule has 0 amide bonds. The van der Waals surface area contributed by atoms with Gasteiger partial charge in [-0.1, -0.05) is 44.5 Å². The van der Waals surface area contributed by atoms with E-state index >= 15 is 0 Å². The highest BCUT2D eigenvalue weighted by Gasteiger charge is 2.24. The Kier molecular flexibility index (Phi) is 4.00. The minimum Gasteiger partial charge on any atom is -0.316 e. The van der Waals surface area contributed by atoms with Gasteiger partial charge in [-0.2, -0.15) is 0 Å². The predicted molar refractivity (Wildman–Crippen MR) is 69.8 cm³/mol. The van der Waals surface area contributed by atoms with Crippen molar-refractivity contribution >= 4 is 0 Å². The normalized spacial score (nSPS) is 20.0. The number of hydrogen-bond acceptors (Lipinski definition) is 1. The van der Waals surface area contributed by atoms with E-state index in [9.17, 15) is 0 Å². The molecule has 16 heavy (non-hydrogen) atoms. The third-order valence-corrected chi connectivity index (χ3v) is 3.63. The summed E-state index contributed by atoms with van der Waals surface area (Å²) in [6.45, 7) is 6.93. The second kappa shape index (κ2) is 5.49. The Balaban J connectivity index is 1.70. The predicted octanol–water partition coefficient (Wildman–Crippen LogP) is 3.35. The molecule has 0 saturated carbocycles. The molecule has 0 aliphatic heterocycles. The topological polar surface area (TPSA) is 12.0 Å². The van der Waals surface area contributed by atoms with E-state index in [4.69, 9.17) is 0 Å². The number of nitrogens with one attached hydrogen (secondary N) is 1. The first kappa shape index (κ1) is 11.7. The maximum absolute atomic E-state index is 3.61. The van der Waals surface area contributed by atoms with E-state index in [-0.39, 0.29) is 0 Å². The van der Waals surface area contributed by atoms with Crippen molar-refractivity contribution in [2.45, 2.75) is 39.0 Å². The highest BCUT2D eigenvalue weighted by molar-refractivity contribution is 5.40. The molecule has 1 aromatic carbocycles. The molecule has 1 nitrogen and oxygen atoms in total. The molecule has 2 unspecified atom stereocenters. The van der Waals surface area contributed by atoms with Crippen LogP contribution in [-0.2, 0) is 6.42 Å². The van der Waals surface area contributed by atoms with Crippen LogP contribution in [-0.4, -0.2) is 13.1 Å². The van der Waals surface area contributed by atoms with Crippen molar-refractivity contribution < 1.29 is 0 Å². The summed E-state index contributed by atoms with van der Waals surface area (Å²) in [5, 5.41) is 3.61. The molecular weight excluding hydrogens is 194 g/mol. The summed E-state index contributed by atoms with van der Waals surface area (Å²) in [7, 11) is 0. The van der Waals surface area contributed by atoms with Crippen LogP contribution in [0.4, 0.5) is 0 Å². The summed E-state index contributed by atoms with van der Waals surface area (Å²) in [6, 6.07) is 8.84. The van der Waals surface area contributed by atoms with Crippen LogP contribution in [0.25, 0.3) is 0 Å². The fourth-order valence-electron chi connectivity index (χ4n) is 2.64. The van der Waals surface area contributed by atoms with Crippen LogP contribution in [0.3, 0.4) is 0 Å². The zero-order chi connectivity index (χ0) is 11.4. The van der Waals surface area contributed by atoms with Crippen molar-refractivity contribution in [1.29, 1.82) is 0 Å². The van der Waals surface area contributed by atoms with Crippen LogP contribution in [0.2, 0.25) is 0 Å². The lowest BCUT2D eigenvalue weighted by molar-refractivity contribution is 0.449. The first-order chi connectivity index (χ1) is 7.81. The fraction of sp³-hybridized carbons (Fsp3) is 0.600. The molecule has 1 heteroatoms. The Morgan fingerprint density at radius 2 is 2.19 bits per heavy atom. The smallest absolute Gasteiger partial charge is 0.00235 e. The molecule has 0 spiro atoms. The zero-order valence-electron chi connectivity index (χ0n) is 10.5. The van der Waals surface area contributed by atoms with Crippen molar-refractivity contribution in [2.75, 3.05) is 13.1 Å². The van der Waals surface area contributed by atoms with E-state index in [2.05, 4.69) is 43.4 Å². The minimum absolute atomic E-state index is 0.769. The van der Waals surface area contributed by atoms with Gasteiger partial charge in [0.1, 0.15) is 0 Å². The van der Waals surface area contributed by atoms with E-state index < -0.39 is 0 Å². The summed E-state index contributed by atoms with van der Waals surface area (Å²) in [5.41, 5.74) is 3.12. The van der Waals surface area contributed by atoms with Crippen molar-refractivity contribution in [2.24, 2.45) is 5.92 Å². The first-order valence-corrected chi connectivity index (χ1v) is 6.59. The molecule has 88 valence electrons. The average Bonchev–Trinajstić information content (AvgIpc) is 2.25. The lowest BCUT2D eigenvalue weighted by atomic mass is 9.77. The van der Waals surface area contributed by atoms with Gasteiger partial charge in [0.05, 0.1) is 0 Å². The standard InChI is InChI=1S/C15H23N/c1-3-6-12(2)10-16-11-14-9-13-7-4-5-8-15(13)14/h4-5,7-8,12,14,16H,3,6,9-11H2,1-2H3. The van der Waals surface area contributed by atoms with E-state index in [0.29, 0.717) is 0 Å². The Labute approximate surface area is 99.3 Å². The van der Waals surface area contributed by atoms with Gasteiger partial charge < -0.3 is 5.32 Å². The summed E-state index contributed by atoms with van der Waals surface area (Å²) < 4.78 is 0. The van der Waals surface area contributed by atoms with Crippen molar-refractivity contribution in [3.8, 4) is 0 Å². The SMILES string of the molecule is CCCC(C)CNCC1Cc2ccccc21. The largest absolute Gasteiger partial charge is 0.316 e. The van der Waals surface area contributed by atoms with Crippen LogP contribution >= 0.6 is 0 Å². The van der Waals surface area contributed by atoms with E-state index in [1.54, 1.807) is 11.1 Å². The molecule has 0 bridgehead atoms. The second-order valence-corrected chi connectivity index (χ2v) is 5.15. The van der Waals surface area contributed by atoms with Crippen molar-refractivity contribution in [3.63, 3.8) is 0 Å². The fourth-order valence-corrected chi connectivity index (χ4v) is 2.64. The third kappa shape index (κ3) is 2.65. The lowest BCUT2D eigenvalue weighted by Crippen LogP contribution is -2.31. The summed E-state index contributed by atoms with van der Waals surface area (Å²) in [6.07, 6.45) is 3.91. The van der Waals surface area contributed by atoms with E-state index in [1.165, 1.54) is 25.8 Å². The monoisotopic (exact) mass is 217 g/mol. The average molecular weight is 217 g/mol. The van der Waals surface area contributed by atoms with Gasteiger partial charge in [-0.15, -0.1) is 0 Å². The molecular formula is C15H23N. The van der Waals surface area contributed by atoms with Crippen LogP contribution in [0.1, 0.15) is 43.7 Å². The number of fused-ring (bicyclic) bond motifs is 1. The molecule has 0 aromatic heterocycles. The number of benzene rings is 1. The molecule has 0 fully saturated rings. The summed E-state index contributed by atoms with van der Waals surface area (Å²) >= 11 is 0. The first-order valence-electron chi connectivity index (χ1n) is 6.59. The van der Waals surface area contributed by atoms with Gasteiger partial charge in [0.2, 0.25) is 0 Å². The Hall–Kier alpha value is -0.820. The highest BCUT2D eigenvalue weighted by atomic mass is 14.9. The van der Waals surface area contributed by atoms with Crippen LogP contribution in [0, 0.1) is 5.92 Å². The summed E-state index contributed by atoms with van der Waals surface area (Å²) in [5.74, 6) is 1.59. The molecule has 1 aliphatic rings. The van der Waals surface area contributed by atoms with Gasteiger partial charge in [0.25, 0.3) is 0 Å². The van der Waals surface area contributed by atoms with Gasteiger partial charge in [-0.05, 0) is 36.4 Å². The highest BCUT2D eigenvalue weighted by Crippen LogP contribution is 2.33. The minimum atomic E-state index is 0.769. The Morgan fingerprint density at radius 3 is 2.94 bits per heavy atom. The zero-order valence-corrected chi connectivity index (χ0v) is 10.5. The van der Waals surface area contributed by atoms with Gasteiger partial charge >= 0.3 is 0 Å².